The fourth-order valence-corrected chi connectivity index (χ4v) is 2.61. The Morgan fingerprint density at radius 2 is 2.27 bits per heavy atom. The van der Waals surface area contributed by atoms with Crippen LogP contribution in [-0.2, 0) is 9.53 Å². The van der Waals surface area contributed by atoms with Crippen molar-refractivity contribution in [3.8, 4) is 0 Å². The summed E-state index contributed by atoms with van der Waals surface area (Å²) in [5.41, 5.74) is 0. The molecule has 4 heteroatoms. The van der Waals surface area contributed by atoms with E-state index in [4.69, 9.17) is 4.74 Å². The van der Waals surface area contributed by atoms with Crippen LogP contribution in [0.15, 0.2) is 0 Å². The van der Waals surface area contributed by atoms with Gasteiger partial charge in [0.25, 0.3) is 0 Å². The molecular weight excluding hydrogens is 258 g/mol. The van der Waals surface area contributed by atoms with Crippen molar-refractivity contribution in [1.82, 2.24) is 5.32 Å². The summed E-state index contributed by atoms with van der Waals surface area (Å²) in [5.74, 6) is 1.03. The van der Waals surface area contributed by atoms with Gasteiger partial charge in [0.1, 0.15) is 0 Å². The molecule has 1 aliphatic carbocycles. The maximum atomic E-state index is 11.7. The minimum Gasteiger partial charge on any atom is -0.381 e. The molecule has 0 bridgehead atoms. The van der Waals surface area contributed by atoms with Gasteiger partial charge in [0.15, 0.2) is 0 Å². The molecule has 3 nitrogen and oxygen atoms in total. The van der Waals surface area contributed by atoms with Gasteiger partial charge >= 0.3 is 0 Å². The lowest BCUT2D eigenvalue weighted by molar-refractivity contribution is -0.128. The molecular formula is C11H18BrNO2. The molecule has 0 radical (unpaired) electrons. The topological polar surface area (TPSA) is 38.3 Å². The highest BCUT2D eigenvalue weighted by Gasteiger charge is 2.30. The Kier molecular flexibility index (Phi) is 4.03. The monoisotopic (exact) mass is 275 g/mol. The highest BCUT2D eigenvalue weighted by atomic mass is 79.9. The van der Waals surface area contributed by atoms with Crippen molar-refractivity contribution >= 4 is 21.8 Å². The summed E-state index contributed by atoms with van der Waals surface area (Å²) in [4.78, 5) is 12.2. The van der Waals surface area contributed by atoms with Crippen LogP contribution in [0.5, 0.6) is 0 Å². The molecule has 2 atom stereocenters. The van der Waals surface area contributed by atoms with Crippen LogP contribution in [0.4, 0.5) is 0 Å². The third kappa shape index (κ3) is 3.45. The first-order valence-corrected chi connectivity index (χ1v) is 6.68. The normalized spacial score (nSPS) is 28.5. The summed E-state index contributed by atoms with van der Waals surface area (Å²) in [7, 11) is 0. The number of nitrogens with one attached hydrogen (secondary N) is 1. The summed E-state index contributed by atoms with van der Waals surface area (Å²) in [6.07, 6.45) is 4.59. The van der Waals surface area contributed by atoms with Gasteiger partial charge in [-0.1, -0.05) is 15.9 Å². The number of hydrogen-bond acceptors (Lipinski definition) is 2. The van der Waals surface area contributed by atoms with Crippen LogP contribution < -0.4 is 5.32 Å². The quantitative estimate of drug-likeness (QED) is 0.794. The Balaban J connectivity index is 1.66. The van der Waals surface area contributed by atoms with E-state index < -0.39 is 0 Å². The Hall–Kier alpha value is -0.0900. The zero-order valence-corrected chi connectivity index (χ0v) is 10.5. The molecule has 1 heterocycles. The van der Waals surface area contributed by atoms with Crippen LogP contribution in [0.25, 0.3) is 0 Å². The fourth-order valence-electron chi connectivity index (χ4n) is 1.91. The molecule has 1 saturated carbocycles. The van der Waals surface area contributed by atoms with Crippen molar-refractivity contribution < 1.29 is 9.53 Å². The van der Waals surface area contributed by atoms with Gasteiger partial charge in [0.2, 0.25) is 5.91 Å². The standard InChI is InChI=1S/C11H18BrNO2/c12-10(8-3-4-8)6-13-11(14)9-2-1-5-15-7-9/h8-10H,1-7H2,(H,13,14). The number of alkyl halides is 1. The van der Waals surface area contributed by atoms with Crippen LogP contribution in [-0.4, -0.2) is 30.5 Å². The maximum absolute atomic E-state index is 11.7. The van der Waals surface area contributed by atoms with Crippen LogP contribution in [0.2, 0.25) is 0 Å². The Labute approximate surface area is 99.1 Å². The number of amides is 1. The largest absolute Gasteiger partial charge is 0.381 e. The van der Waals surface area contributed by atoms with E-state index in [0.29, 0.717) is 11.4 Å². The lowest BCUT2D eigenvalue weighted by Gasteiger charge is -2.21. The van der Waals surface area contributed by atoms with Crippen molar-refractivity contribution in [1.29, 1.82) is 0 Å². The number of ether oxygens (including phenoxy) is 1. The third-order valence-corrected chi connectivity index (χ3v) is 4.21. The first kappa shape index (κ1) is 11.4. The van der Waals surface area contributed by atoms with Gasteiger partial charge < -0.3 is 10.1 Å². The molecule has 2 unspecified atom stereocenters. The zero-order valence-electron chi connectivity index (χ0n) is 8.88. The molecule has 15 heavy (non-hydrogen) atoms. The second kappa shape index (κ2) is 5.30. The molecule has 2 rings (SSSR count). The molecule has 2 aliphatic rings. The molecule has 0 aromatic heterocycles. The minimum atomic E-state index is 0.0812. The molecule has 2 fully saturated rings. The van der Waals surface area contributed by atoms with Crippen LogP contribution >= 0.6 is 15.9 Å². The van der Waals surface area contributed by atoms with Gasteiger partial charge in [-0.15, -0.1) is 0 Å². The van der Waals surface area contributed by atoms with E-state index in [1.807, 2.05) is 0 Å². The zero-order chi connectivity index (χ0) is 10.7. The van der Waals surface area contributed by atoms with Crippen molar-refractivity contribution in [2.45, 2.75) is 30.5 Å². The Morgan fingerprint density at radius 1 is 1.47 bits per heavy atom. The van der Waals surface area contributed by atoms with Gasteiger partial charge in [0, 0.05) is 18.0 Å². The molecule has 0 aromatic rings. The second-order valence-electron chi connectivity index (χ2n) is 4.51. The van der Waals surface area contributed by atoms with Gasteiger partial charge in [-0.25, -0.2) is 0 Å². The second-order valence-corrected chi connectivity index (χ2v) is 5.69. The van der Waals surface area contributed by atoms with E-state index >= 15 is 0 Å². The lowest BCUT2D eigenvalue weighted by Crippen LogP contribution is -2.38. The number of hydrogen-bond donors (Lipinski definition) is 1. The summed E-state index contributed by atoms with van der Waals surface area (Å²) in [5, 5.41) is 3.01. The SMILES string of the molecule is O=C(NCC(Br)C1CC1)C1CCCOC1. The van der Waals surface area contributed by atoms with E-state index in [1.165, 1.54) is 12.8 Å². The summed E-state index contributed by atoms with van der Waals surface area (Å²) >= 11 is 3.61. The smallest absolute Gasteiger partial charge is 0.225 e. The van der Waals surface area contributed by atoms with Crippen molar-refractivity contribution in [3.63, 3.8) is 0 Å². The van der Waals surface area contributed by atoms with Crippen LogP contribution in [0.3, 0.4) is 0 Å². The average molecular weight is 276 g/mol. The number of carbonyl (C=O) groups is 1. The van der Waals surface area contributed by atoms with Gasteiger partial charge in [-0.05, 0) is 31.6 Å². The third-order valence-electron chi connectivity index (χ3n) is 3.14. The molecule has 1 amide bonds. The van der Waals surface area contributed by atoms with E-state index in [2.05, 4.69) is 21.2 Å². The first-order chi connectivity index (χ1) is 7.27. The minimum absolute atomic E-state index is 0.0812. The molecule has 0 aromatic carbocycles. The Morgan fingerprint density at radius 3 is 2.87 bits per heavy atom. The van der Waals surface area contributed by atoms with E-state index in [0.717, 1.165) is 31.9 Å². The predicted molar refractivity (Wildman–Crippen MR) is 62.0 cm³/mol. The highest BCUT2D eigenvalue weighted by Crippen LogP contribution is 2.36. The highest BCUT2D eigenvalue weighted by molar-refractivity contribution is 9.09. The molecule has 1 N–H and O–H groups in total. The number of carbonyl (C=O) groups excluding carboxylic acids is 1. The van der Waals surface area contributed by atoms with Crippen molar-refractivity contribution in [2.75, 3.05) is 19.8 Å². The molecule has 1 aliphatic heterocycles. The van der Waals surface area contributed by atoms with Crippen LogP contribution in [0, 0.1) is 11.8 Å². The molecule has 1 saturated heterocycles. The summed E-state index contributed by atoms with van der Waals surface area (Å²) in [6.45, 7) is 2.18. The van der Waals surface area contributed by atoms with Crippen molar-refractivity contribution in [2.24, 2.45) is 11.8 Å². The van der Waals surface area contributed by atoms with Crippen LogP contribution in [0.1, 0.15) is 25.7 Å². The summed E-state index contributed by atoms with van der Waals surface area (Å²) in [6, 6.07) is 0. The first-order valence-electron chi connectivity index (χ1n) is 5.77. The number of halogens is 1. The van der Waals surface area contributed by atoms with E-state index in [-0.39, 0.29) is 11.8 Å². The number of rotatable bonds is 4. The lowest BCUT2D eigenvalue weighted by atomic mass is 10.0. The van der Waals surface area contributed by atoms with Gasteiger partial charge in [-0.3, -0.25) is 4.79 Å². The van der Waals surface area contributed by atoms with Gasteiger partial charge in [-0.2, -0.15) is 0 Å². The van der Waals surface area contributed by atoms with E-state index in [1.54, 1.807) is 0 Å². The molecule has 86 valence electrons. The predicted octanol–water partition coefficient (Wildman–Crippen LogP) is 1.70. The Bertz CT molecular complexity index is 225. The molecule has 0 spiro atoms. The average Bonchev–Trinajstić information content (AvgIpc) is 3.10. The van der Waals surface area contributed by atoms with Crippen molar-refractivity contribution in [3.05, 3.63) is 0 Å². The summed E-state index contributed by atoms with van der Waals surface area (Å²) < 4.78 is 5.30. The van der Waals surface area contributed by atoms with E-state index in [9.17, 15) is 4.79 Å². The fraction of sp³-hybridized carbons (Fsp3) is 0.909. The maximum Gasteiger partial charge on any atom is 0.225 e. The van der Waals surface area contributed by atoms with Gasteiger partial charge in [0.05, 0.1) is 12.5 Å².